The minimum absolute atomic E-state index is 0.0849. The number of nitrogens with one attached hydrogen (secondary N) is 1. The van der Waals surface area contributed by atoms with Crippen LogP contribution in [0.25, 0.3) is 6.08 Å². The van der Waals surface area contributed by atoms with Gasteiger partial charge in [0.05, 0.1) is 5.92 Å². The number of carbonyl (C=O) groups excluding carboxylic acids is 1. The van der Waals surface area contributed by atoms with Crippen LogP contribution in [0.15, 0.2) is 91.0 Å². The predicted octanol–water partition coefficient (Wildman–Crippen LogP) is 5.77. The monoisotopic (exact) mass is 444 g/mol. The second-order valence-corrected chi connectivity index (χ2v) is 8.73. The molecule has 3 nitrogen and oxygen atoms in total. The third kappa shape index (κ3) is 6.09. The van der Waals surface area contributed by atoms with E-state index >= 15 is 0 Å². The number of piperidine rings is 1. The molecule has 3 aromatic carbocycles. The third-order valence-electron chi connectivity index (χ3n) is 5.98. The Balaban J connectivity index is 1.32. The van der Waals surface area contributed by atoms with E-state index in [0.717, 1.165) is 54.2 Å². The van der Waals surface area contributed by atoms with Crippen molar-refractivity contribution in [3.05, 3.63) is 113 Å². The highest BCUT2D eigenvalue weighted by Gasteiger charge is 2.26. The normalized spacial score (nSPS) is 15.3. The molecule has 1 amide bonds. The molecule has 4 rings (SSSR count). The van der Waals surface area contributed by atoms with Crippen LogP contribution in [0.5, 0.6) is 0 Å². The summed E-state index contributed by atoms with van der Waals surface area (Å²) in [6, 6.07) is 28.2. The molecule has 1 aliphatic rings. The predicted molar refractivity (Wildman–Crippen MR) is 133 cm³/mol. The first-order valence-electron chi connectivity index (χ1n) is 11.2. The number of hydrogen-bond acceptors (Lipinski definition) is 2. The molecule has 0 aromatic heterocycles. The Morgan fingerprint density at radius 3 is 2.16 bits per heavy atom. The fourth-order valence-electron chi connectivity index (χ4n) is 4.28. The number of halogens is 1. The Morgan fingerprint density at radius 2 is 1.56 bits per heavy atom. The van der Waals surface area contributed by atoms with Gasteiger partial charge in [-0.15, -0.1) is 0 Å². The SMILES string of the molecule is O=C(NC1CCN(C/C=C/c2cccc(Cl)c2)CC1)C(c1ccccc1)c1ccccc1. The fraction of sp³-hybridized carbons (Fsp3) is 0.250. The quantitative estimate of drug-likeness (QED) is 0.502. The van der Waals surface area contributed by atoms with Crippen molar-refractivity contribution in [2.24, 2.45) is 0 Å². The van der Waals surface area contributed by atoms with Gasteiger partial charge in [-0.2, -0.15) is 0 Å². The molecule has 3 aromatic rings. The van der Waals surface area contributed by atoms with E-state index in [2.05, 4.69) is 28.4 Å². The number of nitrogens with zero attached hydrogens (tertiary/aromatic N) is 1. The molecule has 1 saturated heterocycles. The molecule has 0 atom stereocenters. The summed E-state index contributed by atoms with van der Waals surface area (Å²) in [7, 11) is 0. The highest BCUT2D eigenvalue weighted by Crippen LogP contribution is 2.25. The van der Waals surface area contributed by atoms with Crippen molar-refractivity contribution in [1.82, 2.24) is 10.2 Å². The Kier molecular flexibility index (Phi) is 7.76. The van der Waals surface area contributed by atoms with Crippen molar-refractivity contribution in [2.75, 3.05) is 19.6 Å². The highest BCUT2D eigenvalue weighted by atomic mass is 35.5. The number of benzene rings is 3. The van der Waals surface area contributed by atoms with Crippen molar-refractivity contribution in [3.63, 3.8) is 0 Å². The summed E-state index contributed by atoms with van der Waals surface area (Å²) in [5.74, 6) is -0.197. The van der Waals surface area contributed by atoms with E-state index in [1.165, 1.54) is 0 Å². The Bertz CT molecular complexity index is 988. The number of hydrogen-bond donors (Lipinski definition) is 1. The van der Waals surface area contributed by atoms with Crippen molar-refractivity contribution >= 4 is 23.6 Å². The molecule has 1 fully saturated rings. The summed E-state index contributed by atoms with van der Waals surface area (Å²) in [6.45, 7) is 2.86. The molecule has 0 spiro atoms. The molecule has 1 aliphatic heterocycles. The molecule has 0 radical (unpaired) electrons. The molecular weight excluding hydrogens is 416 g/mol. The standard InChI is InChI=1S/C28H29ClN2O/c29-25-15-7-9-22(21-25)10-8-18-31-19-16-26(17-20-31)30-28(32)27(23-11-3-1-4-12-23)24-13-5-2-6-14-24/h1-15,21,26-27H,16-20H2,(H,30,32)/b10-8+. The third-order valence-corrected chi connectivity index (χ3v) is 6.22. The zero-order valence-electron chi connectivity index (χ0n) is 18.2. The van der Waals surface area contributed by atoms with Crippen LogP contribution in [0, 0.1) is 0 Å². The van der Waals surface area contributed by atoms with Gasteiger partial charge in [0.15, 0.2) is 0 Å². The van der Waals surface area contributed by atoms with Gasteiger partial charge in [-0.1, -0.05) is 96.5 Å². The molecule has 0 aliphatic carbocycles. The molecule has 4 heteroatoms. The summed E-state index contributed by atoms with van der Waals surface area (Å²) >= 11 is 6.05. The summed E-state index contributed by atoms with van der Waals surface area (Å²) in [5, 5.41) is 4.08. The lowest BCUT2D eigenvalue weighted by atomic mass is 9.90. The number of likely N-dealkylation sites (tertiary alicyclic amines) is 1. The first kappa shape index (κ1) is 22.3. The van der Waals surface area contributed by atoms with Gasteiger partial charge in [0.25, 0.3) is 0 Å². The van der Waals surface area contributed by atoms with Crippen LogP contribution in [0.1, 0.15) is 35.4 Å². The van der Waals surface area contributed by atoms with Crippen LogP contribution >= 0.6 is 11.6 Å². The summed E-state index contributed by atoms with van der Waals surface area (Å²) in [5.41, 5.74) is 3.17. The summed E-state index contributed by atoms with van der Waals surface area (Å²) in [6.07, 6.45) is 6.23. The molecule has 0 bridgehead atoms. The van der Waals surface area contributed by atoms with Crippen LogP contribution in [-0.2, 0) is 4.79 Å². The lowest BCUT2D eigenvalue weighted by molar-refractivity contribution is -0.122. The molecular formula is C28H29ClN2O. The summed E-state index contributed by atoms with van der Waals surface area (Å²) < 4.78 is 0. The second kappa shape index (κ2) is 11.1. The minimum atomic E-state index is -0.281. The number of carbonyl (C=O) groups is 1. The van der Waals surface area contributed by atoms with Gasteiger partial charge in [0.2, 0.25) is 5.91 Å². The van der Waals surface area contributed by atoms with Crippen LogP contribution in [0.2, 0.25) is 5.02 Å². The zero-order chi connectivity index (χ0) is 22.2. The molecule has 164 valence electrons. The summed E-state index contributed by atoms with van der Waals surface area (Å²) in [4.78, 5) is 15.7. The Labute approximate surface area is 195 Å². The zero-order valence-corrected chi connectivity index (χ0v) is 18.9. The molecule has 0 unspecified atom stereocenters. The first-order chi connectivity index (χ1) is 15.7. The number of rotatable bonds is 7. The fourth-order valence-corrected chi connectivity index (χ4v) is 4.48. The van der Waals surface area contributed by atoms with E-state index in [-0.39, 0.29) is 17.9 Å². The van der Waals surface area contributed by atoms with Gasteiger partial charge in [-0.25, -0.2) is 0 Å². The van der Waals surface area contributed by atoms with E-state index < -0.39 is 0 Å². The first-order valence-corrected chi connectivity index (χ1v) is 11.6. The van der Waals surface area contributed by atoms with Crippen molar-refractivity contribution < 1.29 is 4.79 Å². The van der Waals surface area contributed by atoms with Crippen LogP contribution < -0.4 is 5.32 Å². The van der Waals surface area contributed by atoms with E-state index in [1.807, 2.05) is 78.9 Å². The highest BCUT2D eigenvalue weighted by molar-refractivity contribution is 6.30. The maximum Gasteiger partial charge on any atom is 0.232 e. The van der Waals surface area contributed by atoms with Gasteiger partial charge in [0.1, 0.15) is 0 Å². The lowest BCUT2D eigenvalue weighted by Crippen LogP contribution is -2.46. The van der Waals surface area contributed by atoms with E-state index in [0.29, 0.717) is 0 Å². The van der Waals surface area contributed by atoms with Crippen molar-refractivity contribution in [1.29, 1.82) is 0 Å². The van der Waals surface area contributed by atoms with Crippen LogP contribution in [-0.4, -0.2) is 36.5 Å². The smallest absolute Gasteiger partial charge is 0.232 e. The maximum absolute atomic E-state index is 13.3. The topological polar surface area (TPSA) is 32.3 Å². The second-order valence-electron chi connectivity index (χ2n) is 8.30. The van der Waals surface area contributed by atoms with Crippen LogP contribution in [0.3, 0.4) is 0 Å². The van der Waals surface area contributed by atoms with Crippen molar-refractivity contribution in [2.45, 2.75) is 24.8 Å². The lowest BCUT2D eigenvalue weighted by Gasteiger charge is -2.32. The van der Waals surface area contributed by atoms with E-state index in [1.54, 1.807) is 0 Å². The average molecular weight is 445 g/mol. The van der Waals surface area contributed by atoms with Crippen LogP contribution in [0.4, 0.5) is 0 Å². The Morgan fingerprint density at radius 1 is 0.938 bits per heavy atom. The molecule has 0 saturated carbocycles. The minimum Gasteiger partial charge on any atom is -0.352 e. The van der Waals surface area contributed by atoms with Gasteiger partial charge in [-0.3, -0.25) is 9.69 Å². The molecule has 1 N–H and O–H groups in total. The van der Waals surface area contributed by atoms with E-state index in [9.17, 15) is 4.79 Å². The molecule has 1 heterocycles. The van der Waals surface area contributed by atoms with Crippen molar-refractivity contribution in [3.8, 4) is 0 Å². The maximum atomic E-state index is 13.3. The number of amides is 1. The molecule has 32 heavy (non-hydrogen) atoms. The average Bonchev–Trinajstić information content (AvgIpc) is 2.82. The van der Waals surface area contributed by atoms with Gasteiger partial charge >= 0.3 is 0 Å². The largest absolute Gasteiger partial charge is 0.352 e. The van der Waals surface area contributed by atoms with Gasteiger partial charge in [-0.05, 0) is 41.7 Å². The van der Waals surface area contributed by atoms with E-state index in [4.69, 9.17) is 11.6 Å². The van der Waals surface area contributed by atoms with Gasteiger partial charge in [0, 0.05) is 30.7 Å². The Hall–Kier alpha value is -2.88. The van der Waals surface area contributed by atoms with Gasteiger partial charge < -0.3 is 5.32 Å².